The van der Waals surface area contributed by atoms with Crippen LogP contribution in [-0.4, -0.2) is 143 Å². The van der Waals surface area contributed by atoms with Crippen molar-refractivity contribution in [3.63, 3.8) is 0 Å². The summed E-state index contributed by atoms with van der Waals surface area (Å²) in [5, 5.41) is 16.4. The van der Waals surface area contributed by atoms with Gasteiger partial charge in [-0.1, -0.05) is 29.6 Å². The maximum absolute atomic E-state index is 13.9. The largest absolute Gasteiger partial charge is 0.493 e. The number of ketones is 1. The zero-order chi connectivity index (χ0) is 65.4. The van der Waals surface area contributed by atoms with Crippen LogP contribution in [0.2, 0.25) is 10.0 Å². The molecule has 486 valence electrons. The van der Waals surface area contributed by atoms with Crippen molar-refractivity contribution in [1.29, 1.82) is 5.26 Å². The molecule has 2 aliphatic carbocycles. The molecule has 2 saturated heterocycles. The molecule has 4 aromatic carbocycles. The number of halogens is 2. The van der Waals surface area contributed by atoms with Gasteiger partial charge in [0.1, 0.15) is 41.0 Å². The van der Waals surface area contributed by atoms with Crippen molar-refractivity contribution in [1.82, 2.24) is 39.0 Å². The number of benzene rings is 4. The second kappa shape index (κ2) is 29.7. The van der Waals surface area contributed by atoms with Crippen LogP contribution in [0.5, 0.6) is 23.0 Å². The molecule has 2 fully saturated rings. The average molecular weight is 1330 g/mol. The highest BCUT2D eigenvalue weighted by molar-refractivity contribution is 7.89. The molecule has 4 heterocycles. The number of urea groups is 1. The van der Waals surface area contributed by atoms with Crippen molar-refractivity contribution < 1.29 is 45.4 Å². The van der Waals surface area contributed by atoms with Crippen LogP contribution >= 0.6 is 23.2 Å². The number of nitriles is 1. The molecule has 20 nitrogen and oxygen atoms in total. The smallest absolute Gasteiger partial charge is 0.315 e. The van der Waals surface area contributed by atoms with E-state index < -0.39 is 32.3 Å². The van der Waals surface area contributed by atoms with E-state index >= 15 is 0 Å². The number of likely N-dealkylation sites (N-methyl/N-ethyl adjacent to an activating group) is 2. The minimum atomic E-state index is -3.81. The van der Waals surface area contributed by atoms with Crippen molar-refractivity contribution in [2.24, 2.45) is 11.8 Å². The number of rotatable bonds is 27. The van der Waals surface area contributed by atoms with Crippen molar-refractivity contribution >= 4 is 60.8 Å². The topological polar surface area (TPSA) is 230 Å². The summed E-state index contributed by atoms with van der Waals surface area (Å²) in [6, 6.07) is 25.8. The minimum Gasteiger partial charge on any atom is -0.493 e. The number of aryl methyl sites for hydroxylation is 3. The Bertz CT molecular complexity index is 3770. The van der Waals surface area contributed by atoms with Crippen molar-refractivity contribution in [2.45, 2.75) is 119 Å². The minimum absolute atomic E-state index is 0.0232. The fourth-order valence-electron chi connectivity index (χ4n) is 12.6. The molecule has 6 aromatic rings. The second-order valence-electron chi connectivity index (χ2n) is 24.7. The van der Waals surface area contributed by atoms with E-state index in [0.29, 0.717) is 165 Å². The van der Waals surface area contributed by atoms with Crippen LogP contribution in [0.4, 0.5) is 10.5 Å². The fourth-order valence-corrected chi connectivity index (χ4v) is 16.3. The molecule has 6 atom stereocenters. The molecular weight excluding hydrogens is 1250 g/mol. The lowest BCUT2D eigenvalue weighted by molar-refractivity contribution is -0.119. The van der Waals surface area contributed by atoms with Crippen LogP contribution in [0.25, 0.3) is 4.85 Å². The number of carbonyl (C=O) groups excluding carboxylic acids is 2. The number of unbranched alkanes of at least 4 members (excludes halogenated alkanes) is 2. The van der Waals surface area contributed by atoms with Gasteiger partial charge in [0, 0.05) is 97.7 Å². The Morgan fingerprint density at radius 1 is 0.685 bits per heavy atom. The van der Waals surface area contributed by atoms with E-state index in [9.17, 15) is 31.7 Å². The number of carbonyl (C=O) groups is 2. The van der Waals surface area contributed by atoms with Gasteiger partial charge < -0.3 is 39.4 Å². The van der Waals surface area contributed by atoms with Crippen molar-refractivity contribution in [2.75, 3.05) is 74.1 Å². The fraction of sp³-hybridized carbons (Fsp3) is 0.441. The van der Waals surface area contributed by atoms with Gasteiger partial charge in [0.2, 0.25) is 20.0 Å². The standard InChI is InChI=1S/C68H78Cl2N10O10S2/c1-43-27-55(14-16-64(43)89-66-59-30-48(69)29-47(37-71)57(59)35-62(66)77(4)5)91(83,84)79-25-20-45(39-79)41-87-53-18-23-73-50(33-53)12-13-52(81)11-9-8-10-22-75-68(82)76-38-51-34-54(19-24-74-51)88-42-46-21-26-80(40-46)92(85,86)56-15-17-65(44(2)28-56)90-67-60-31-49(70)32-61(72-3)58(60)36-63(67)78(6)7/h14-19,23-24,27-34,45-46,62-63,66-67H,8-13,20-22,25-26,35-36,38-42H2,1-2,4-7H3,(H2,75,76,82)/t45-,46-,62-,63-,66-,67-/m0/s1. The number of aromatic nitrogens is 2. The number of Topliss-reactive ketones (excluding diaryl/α,β-unsaturated/α-hetero) is 1. The summed E-state index contributed by atoms with van der Waals surface area (Å²) >= 11 is 12.8. The van der Waals surface area contributed by atoms with Gasteiger partial charge in [-0.3, -0.25) is 14.8 Å². The van der Waals surface area contributed by atoms with Crippen molar-refractivity contribution in [3.05, 3.63) is 169 Å². The van der Waals surface area contributed by atoms with Gasteiger partial charge in [-0.05, 0) is 193 Å². The Balaban J connectivity index is 0.586. The summed E-state index contributed by atoms with van der Waals surface area (Å²) in [5.74, 6) is 2.34. The molecule has 2 aromatic heterocycles. The normalized spacial score (nSPS) is 19.7. The molecule has 0 saturated carbocycles. The zero-order valence-corrected chi connectivity index (χ0v) is 55.8. The summed E-state index contributed by atoms with van der Waals surface area (Å²) in [5.41, 5.74) is 7.27. The summed E-state index contributed by atoms with van der Waals surface area (Å²) < 4.78 is 84.1. The number of amides is 2. The molecule has 0 radical (unpaired) electrons. The zero-order valence-electron chi connectivity index (χ0n) is 52.7. The average Bonchev–Trinajstić information content (AvgIpc) is 1.59. The first-order valence-corrected chi connectivity index (χ1v) is 34.7. The lowest BCUT2D eigenvalue weighted by Gasteiger charge is -2.28. The number of pyridine rings is 2. The van der Waals surface area contributed by atoms with E-state index in [2.05, 4.69) is 41.3 Å². The van der Waals surface area contributed by atoms with E-state index in [-0.39, 0.29) is 52.1 Å². The third-order valence-corrected chi connectivity index (χ3v) is 22.0. The highest BCUT2D eigenvalue weighted by atomic mass is 35.5. The third-order valence-electron chi connectivity index (χ3n) is 17.8. The van der Waals surface area contributed by atoms with Gasteiger partial charge in [0.15, 0.2) is 5.69 Å². The van der Waals surface area contributed by atoms with Gasteiger partial charge in [0.25, 0.3) is 0 Å². The highest BCUT2D eigenvalue weighted by Crippen LogP contribution is 2.45. The SMILES string of the molecule is [C-]#[N+]c1cc(Cl)cc2c1C[C@H](N(C)C)[C@H]2Oc1ccc(S(=O)(=O)N2CC[C@H](COc3ccnc(CNC(=O)NCCCCCC(=O)CCc4cc(OC[C@H]5CCN(S(=O)(=O)c6ccc(O[C@H]7c8cc(Cl)cc(C#N)c8C[C@@H]7N(C)C)c(C)c6)C5)ccn4)c3)C2)cc1C. The number of fused-ring (bicyclic) bond motifs is 2. The number of hydrogen-bond acceptors (Lipinski definition) is 15. The van der Waals surface area contributed by atoms with Gasteiger partial charge in [-0.15, -0.1) is 0 Å². The number of nitrogens with one attached hydrogen (secondary N) is 2. The number of ether oxygens (including phenoxy) is 4. The number of nitrogens with zero attached hydrogens (tertiary/aromatic N) is 8. The van der Waals surface area contributed by atoms with E-state index in [1.165, 1.54) is 8.61 Å². The van der Waals surface area contributed by atoms with Gasteiger partial charge in [0.05, 0.1) is 65.5 Å². The molecule has 92 heavy (non-hydrogen) atoms. The van der Waals surface area contributed by atoms with Crippen molar-refractivity contribution in [3.8, 4) is 29.1 Å². The van der Waals surface area contributed by atoms with E-state index in [4.69, 9.17) is 48.7 Å². The first-order valence-electron chi connectivity index (χ1n) is 31.1. The quantitative estimate of drug-likeness (QED) is 0.0361. The molecule has 0 bridgehead atoms. The lowest BCUT2D eigenvalue weighted by atomic mass is 10.0. The van der Waals surface area contributed by atoms with E-state index in [0.717, 1.165) is 34.4 Å². The Labute approximate surface area is 550 Å². The van der Waals surface area contributed by atoms with Crippen LogP contribution in [0, 0.1) is 43.6 Å². The maximum atomic E-state index is 13.9. The van der Waals surface area contributed by atoms with Crippen LogP contribution in [0.3, 0.4) is 0 Å². The Hall–Kier alpha value is -7.38. The van der Waals surface area contributed by atoms with Crippen LogP contribution in [-0.2, 0) is 50.6 Å². The predicted molar refractivity (Wildman–Crippen MR) is 351 cm³/mol. The molecule has 2 N–H and O–H groups in total. The monoisotopic (exact) mass is 1330 g/mol. The molecule has 2 aliphatic heterocycles. The molecular formula is C68H78Cl2N10O10S2. The number of sulfonamides is 2. The highest BCUT2D eigenvalue weighted by Gasteiger charge is 2.41. The van der Waals surface area contributed by atoms with Crippen LogP contribution in [0.1, 0.15) is 107 Å². The third kappa shape index (κ3) is 16.0. The molecule has 4 aliphatic rings. The summed E-state index contributed by atoms with van der Waals surface area (Å²) in [6.07, 6.45) is 8.35. The molecule has 0 unspecified atom stereocenters. The Morgan fingerprint density at radius 2 is 1.22 bits per heavy atom. The summed E-state index contributed by atoms with van der Waals surface area (Å²) in [6.45, 7) is 13.9. The van der Waals surface area contributed by atoms with Gasteiger partial charge >= 0.3 is 6.03 Å². The molecule has 0 spiro atoms. The Kier molecular flexibility index (Phi) is 21.8. The second-order valence-corrected chi connectivity index (χ2v) is 29.5. The first-order chi connectivity index (χ1) is 44.1. The van der Waals surface area contributed by atoms with Crippen LogP contribution in [0.15, 0.2) is 107 Å². The van der Waals surface area contributed by atoms with Crippen LogP contribution < -0.4 is 29.6 Å². The first kappa shape index (κ1) is 67.5. The number of hydrogen-bond donors (Lipinski definition) is 2. The molecule has 24 heteroatoms. The van der Waals surface area contributed by atoms with Gasteiger partial charge in [-0.2, -0.15) is 13.9 Å². The molecule has 10 rings (SSSR count). The summed E-state index contributed by atoms with van der Waals surface area (Å²) in [4.78, 5) is 42.6. The molecule has 2 amide bonds. The predicted octanol–water partition coefficient (Wildman–Crippen LogP) is 10.8. The van der Waals surface area contributed by atoms with Gasteiger partial charge in [-0.25, -0.2) is 26.5 Å². The van der Waals surface area contributed by atoms with E-state index in [1.54, 1.807) is 79.1 Å². The lowest BCUT2D eigenvalue weighted by Crippen LogP contribution is -2.35. The summed E-state index contributed by atoms with van der Waals surface area (Å²) in [7, 11) is 0.264. The Morgan fingerprint density at radius 3 is 1.76 bits per heavy atom. The maximum Gasteiger partial charge on any atom is 0.315 e. The van der Waals surface area contributed by atoms with E-state index in [1.807, 2.05) is 60.2 Å².